The predicted molar refractivity (Wildman–Crippen MR) is 58.5 cm³/mol. The van der Waals surface area contributed by atoms with Gasteiger partial charge in [0.25, 0.3) is 0 Å². The van der Waals surface area contributed by atoms with Crippen LogP contribution in [0.4, 0.5) is 0 Å². The monoisotopic (exact) mass is 215 g/mol. The number of methoxy groups -OCH3 is 1. The van der Waals surface area contributed by atoms with Crippen LogP contribution in [0.3, 0.4) is 0 Å². The first-order chi connectivity index (χ1) is 7.15. The Hall–Kier alpha value is -0.650. The Kier molecular flexibility index (Phi) is 5.01. The maximum absolute atomic E-state index is 11.8. The zero-order valence-electron chi connectivity index (χ0n) is 9.61. The summed E-state index contributed by atoms with van der Waals surface area (Å²) in [6.07, 6.45) is 0.599. The van der Waals surface area contributed by atoms with Crippen molar-refractivity contribution in [2.24, 2.45) is 5.73 Å². The zero-order chi connectivity index (χ0) is 11.3. The van der Waals surface area contributed by atoms with Crippen molar-refractivity contribution in [1.29, 1.82) is 0 Å². The zero-order valence-corrected chi connectivity index (χ0v) is 9.61. The maximum atomic E-state index is 11.8. The first-order valence-corrected chi connectivity index (χ1v) is 5.37. The first kappa shape index (κ1) is 12.4. The third-order valence-corrected chi connectivity index (χ3v) is 2.77. The predicted octanol–water partition coefficient (Wildman–Crippen LogP) is -0.876. The minimum absolute atomic E-state index is 0.0557. The van der Waals surface area contributed by atoms with Gasteiger partial charge < -0.3 is 20.3 Å². The number of nitrogens with zero attached hydrogens (tertiary/aromatic N) is 2. The molecule has 15 heavy (non-hydrogen) atoms. The van der Waals surface area contributed by atoms with Crippen LogP contribution in [0.2, 0.25) is 0 Å². The molecular formula is C10H21N3O2. The van der Waals surface area contributed by atoms with Gasteiger partial charge in [-0.05, 0) is 13.5 Å². The molecular weight excluding hydrogens is 194 g/mol. The van der Waals surface area contributed by atoms with Crippen LogP contribution in [0.1, 0.15) is 6.42 Å². The molecule has 0 unspecified atom stereocenters. The number of hydrogen-bond donors (Lipinski definition) is 1. The lowest BCUT2D eigenvalue weighted by Gasteiger charge is -2.33. The number of carbonyl (C=O) groups is 1. The second kappa shape index (κ2) is 6.05. The Morgan fingerprint density at radius 3 is 2.53 bits per heavy atom. The Labute approximate surface area is 91.2 Å². The van der Waals surface area contributed by atoms with Crippen molar-refractivity contribution >= 4 is 5.91 Å². The normalized spacial score (nSPS) is 20.3. The van der Waals surface area contributed by atoms with E-state index >= 15 is 0 Å². The van der Waals surface area contributed by atoms with E-state index in [0.717, 1.165) is 26.2 Å². The molecule has 0 aromatic heterocycles. The highest BCUT2D eigenvalue weighted by molar-refractivity contribution is 5.81. The van der Waals surface area contributed by atoms with E-state index in [2.05, 4.69) is 11.9 Å². The van der Waals surface area contributed by atoms with Gasteiger partial charge in [0.1, 0.15) is 0 Å². The average molecular weight is 215 g/mol. The van der Waals surface area contributed by atoms with Gasteiger partial charge in [-0.15, -0.1) is 0 Å². The number of amides is 1. The summed E-state index contributed by atoms with van der Waals surface area (Å²) in [6, 6.07) is -0.409. The first-order valence-electron chi connectivity index (χ1n) is 5.37. The lowest BCUT2D eigenvalue weighted by molar-refractivity contribution is -0.134. The van der Waals surface area contributed by atoms with Crippen molar-refractivity contribution < 1.29 is 9.53 Å². The van der Waals surface area contributed by atoms with Crippen molar-refractivity contribution in [3.63, 3.8) is 0 Å². The van der Waals surface area contributed by atoms with Crippen molar-refractivity contribution in [3.05, 3.63) is 0 Å². The maximum Gasteiger partial charge on any atom is 0.239 e. The second-order valence-corrected chi connectivity index (χ2v) is 4.02. The number of carbonyl (C=O) groups excluding carboxylic acids is 1. The molecule has 0 aliphatic carbocycles. The van der Waals surface area contributed by atoms with Crippen LogP contribution >= 0.6 is 0 Å². The Bertz CT molecular complexity index is 203. The van der Waals surface area contributed by atoms with Gasteiger partial charge >= 0.3 is 0 Å². The number of nitrogens with two attached hydrogens (primary N) is 1. The fraction of sp³-hybridized carbons (Fsp3) is 0.900. The molecule has 0 aromatic rings. The van der Waals surface area contributed by atoms with Gasteiger partial charge in [0.2, 0.25) is 5.91 Å². The van der Waals surface area contributed by atoms with Gasteiger partial charge in [-0.1, -0.05) is 0 Å². The van der Waals surface area contributed by atoms with Gasteiger partial charge in [-0.25, -0.2) is 0 Å². The Balaban J connectivity index is 2.32. The van der Waals surface area contributed by atoms with Crippen LogP contribution in [-0.2, 0) is 9.53 Å². The quantitative estimate of drug-likeness (QED) is 0.662. The molecule has 1 aliphatic rings. The van der Waals surface area contributed by atoms with Crippen molar-refractivity contribution in [3.8, 4) is 0 Å². The highest BCUT2D eigenvalue weighted by atomic mass is 16.5. The van der Waals surface area contributed by atoms with Crippen LogP contribution in [0.15, 0.2) is 0 Å². The molecule has 5 nitrogen and oxygen atoms in total. The van der Waals surface area contributed by atoms with E-state index in [1.165, 1.54) is 0 Å². The summed E-state index contributed by atoms with van der Waals surface area (Å²) in [5, 5.41) is 0. The highest BCUT2D eigenvalue weighted by Gasteiger charge is 2.23. The summed E-state index contributed by atoms with van der Waals surface area (Å²) in [6.45, 7) is 3.98. The molecule has 88 valence electrons. The summed E-state index contributed by atoms with van der Waals surface area (Å²) < 4.78 is 4.91. The molecule has 5 heteroatoms. The van der Waals surface area contributed by atoms with Crippen LogP contribution in [0.5, 0.6) is 0 Å². The van der Waals surface area contributed by atoms with Crippen molar-refractivity contribution in [1.82, 2.24) is 9.80 Å². The van der Waals surface area contributed by atoms with Crippen molar-refractivity contribution in [2.75, 3.05) is 46.9 Å². The lowest BCUT2D eigenvalue weighted by atomic mass is 10.2. The molecule has 1 saturated heterocycles. The smallest absolute Gasteiger partial charge is 0.239 e. The molecule has 1 atom stereocenters. The summed E-state index contributed by atoms with van der Waals surface area (Å²) in [7, 11) is 3.68. The van der Waals surface area contributed by atoms with Crippen LogP contribution < -0.4 is 5.73 Å². The van der Waals surface area contributed by atoms with E-state index < -0.39 is 6.04 Å². The Morgan fingerprint density at radius 1 is 1.40 bits per heavy atom. The van der Waals surface area contributed by atoms with E-state index in [4.69, 9.17) is 10.5 Å². The molecule has 1 rings (SSSR count). The average Bonchev–Trinajstić information content (AvgIpc) is 2.26. The molecule has 0 bridgehead atoms. The molecule has 1 fully saturated rings. The fourth-order valence-corrected chi connectivity index (χ4v) is 1.63. The lowest BCUT2D eigenvalue weighted by Crippen LogP contribution is -2.52. The van der Waals surface area contributed by atoms with Gasteiger partial charge in [-0.3, -0.25) is 4.79 Å². The van der Waals surface area contributed by atoms with Gasteiger partial charge in [0.15, 0.2) is 0 Å². The third kappa shape index (κ3) is 3.77. The van der Waals surface area contributed by atoms with Crippen LogP contribution in [-0.4, -0.2) is 68.7 Å². The Morgan fingerprint density at radius 2 is 2.00 bits per heavy atom. The van der Waals surface area contributed by atoms with Crippen LogP contribution in [0.25, 0.3) is 0 Å². The molecule has 1 amide bonds. The number of hydrogen-bond acceptors (Lipinski definition) is 4. The summed E-state index contributed by atoms with van der Waals surface area (Å²) in [4.78, 5) is 15.9. The molecule has 0 radical (unpaired) electrons. The minimum Gasteiger partial charge on any atom is -0.385 e. The summed E-state index contributed by atoms with van der Waals surface area (Å²) in [5.41, 5.74) is 5.78. The molecule has 1 aliphatic heterocycles. The largest absolute Gasteiger partial charge is 0.385 e. The van der Waals surface area contributed by atoms with E-state index in [0.29, 0.717) is 13.0 Å². The number of piperazine rings is 1. The molecule has 0 saturated carbocycles. The summed E-state index contributed by atoms with van der Waals surface area (Å²) in [5.74, 6) is 0.0557. The number of rotatable bonds is 4. The third-order valence-electron chi connectivity index (χ3n) is 2.77. The standard InChI is InChI=1S/C10H21N3O2/c1-12-4-6-13(7-5-12)10(14)9(11)3-8-15-2/h9H,3-8,11H2,1-2H3/t9-/m0/s1. The molecule has 0 aromatic carbocycles. The van der Waals surface area contributed by atoms with Crippen LogP contribution in [0, 0.1) is 0 Å². The van der Waals surface area contributed by atoms with Gasteiger partial charge in [0.05, 0.1) is 6.04 Å². The molecule has 0 spiro atoms. The fourth-order valence-electron chi connectivity index (χ4n) is 1.63. The second-order valence-electron chi connectivity index (χ2n) is 4.02. The van der Waals surface area contributed by atoms with Gasteiger partial charge in [0, 0.05) is 39.9 Å². The van der Waals surface area contributed by atoms with Gasteiger partial charge in [-0.2, -0.15) is 0 Å². The highest BCUT2D eigenvalue weighted by Crippen LogP contribution is 2.03. The van der Waals surface area contributed by atoms with Crippen molar-refractivity contribution in [2.45, 2.75) is 12.5 Å². The minimum atomic E-state index is -0.409. The number of ether oxygens (including phenoxy) is 1. The van der Waals surface area contributed by atoms with E-state index in [1.807, 2.05) is 4.90 Å². The van der Waals surface area contributed by atoms with E-state index in [9.17, 15) is 4.79 Å². The topological polar surface area (TPSA) is 58.8 Å². The SMILES string of the molecule is COCC[C@H](N)C(=O)N1CCN(C)CC1. The number of likely N-dealkylation sites (N-methyl/N-ethyl adjacent to an activating group) is 1. The van der Waals surface area contributed by atoms with E-state index in [-0.39, 0.29) is 5.91 Å². The molecule has 1 heterocycles. The molecule has 2 N–H and O–H groups in total. The van der Waals surface area contributed by atoms with E-state index in [1.54, 1.807) is 7.11 Å². The summed E-state index contributed by atoms with van der Waals surface area (Å²) >= 11 is 0.